The van der Waals surface area contributed by atoms with Crippen LogP contribution in [0.5, 0.6) is 0 Å². The SMILES string of the molecule is COC(=O)C1OC2(CC/C(C)=C/[C@H](C)Cc3ccccc3)CCC(C(=O)OC)(O2)C1(O)C(=O)OC. The molecule has 2 aliphatic heterocycles. The summed E-state index contributed by atoms with van der Waals surface area (Å²) in [5.41, 5.74) is -2.64. The lowest BCUT2D eigenvalue weighted by Gasteiger charge is -2.49. The van der Waals surface area contributed by atoms with Crippen LogP contribution in [0.2, 0.25) is 0 Å². The molecule has 2 bridgehead atoms. The van der Waals surface area contributed by atoms with Crippen molar-refractivity contribution in [1.82, 2.24) is 0 Å². The van der Waals surface area contributed by atoms with Gasteiger partial charge >= 0.3 is 17.9 Å². The lowest BCUT2D eigenvalue weighted by molar-refractivity contribution is -0.363. The molecule has 0 spiro atoms. The van der Waals surface area contributed by atoms with E-state index in [0.29, 0.717) is 6.42 Å². The Bertz CT molecular complexity index is 974. The van der Waals surface area contributed by atoms with Crippen LogP contribution in [-0.4, -0.2) is 67.4 Å². The summed E-state index contributed by atoms with van der Waals surface area (Å²) in [4.78, 5) is 38.3. The fourth-order valence-electron chi connectivity index (χ4n) is 5.10. The number of carbonyl (C=O) groups excluding carboxylic acids is 3. The van der Waals surface area contributed by atoms with Gasteiger partial charge in [0.15, 0.2) is 5.79 Å². The summed E-state index contributed by atoms with van der Waals surface area (Å²) in [6.45, 7) is 4.12. The van der Waals surface area contributed by atoms with Gasteiger partial charge < -0.3 is 28.8 Å². The number of aliphatic hydroxyl groups is 1. The number of ether oxygens (including phenoxy) is 5. The molecule has 9 nitrogen and oxygen atoms in total. The lowest BCUT2D eigenvalue weighted by atomic mass is 9.76. The van der Waals surface area contributed by atoms with E-state index in [1.807, 2.05) is 25.1 Å². The molecule has 0 saturated carbocycles. The van der Waals surface area contributed by atoms with Crippen LogP contribution in [0.15, 0.2) is 42.0 Å². The van der Waals surface area contributed by atoms with Crippen molar-refractivity contribution in [2.45, 2.75) is 69.0 Å². The Morgan fingerprint density at radius 2 is 1.74 bits per heavy atom. The highest BCUT2D eigenvalue weighted by atomic mass is 16.8. The van der Waals surface area contributed by atoms with Gasteiger partial charge in [0, 0.05) is 12.8 Å². The van der Waals surface area contributed by atoms with E-state index in [1.165, 1.54) is 5.56 Å². The minimum atomic E-state index is -2.78. The number of benzene rings is 1. The van der Waals surface area contributed by atoms with E-state index >= 15 is 0 Å². The van der Waals surface area contributed by atoms with Gasteiger partial charge in [-0.2, -0.15) is 0 Å². The third-order valence-corrected chi connectivity index (χ3v) is 6.84. The monoisotopic (exact) mass is 490 g/mol. The maximum atomic E-state index is 12.9. The maximum Gasteiger partial charge on any atom is 0.345 e. The van der Waals surface area contributed by atoms with Crippen molar-refractivity contribution in [3.63, 3.8) is 0 Å². The number of carbonyl (C=O) groups is 3. The van der Waals surface area contributed by atoms with Crippen LogP contribution in [0, 0.1) is 5.92 Å². The summed E-state index contributed by atoms with van der Waals surface area (Å²) < 4.78 is 26.4. The second-order valence-electron chi connectivity index (χ2n) is 9.29. The standard InChI is InChI=1S/C26H34O9/c1-17(15-18(2)16-19-9-7-6-8-10-19)11-12-24-13-14-25(35-24,22(28)32-4)26(30,23(29)33-5)20(34-24)21(27)31-3/h6-10,15,18,20,30H,11-14,16H2,1-5H3/b17-15+/t18-,20?,24?,25?,26?/m0/s1. The first-order valence-corrected chi connectivity index (χ1v) is 11.6. The molecule has 0 amide bonds. The van der Waals surface area contributed by atoms with Gasteiger partial charge in [-0.1, -0.05) is 48.9 Å². The van der Waals surface area contributed by atoms with E-state index in [0.717, 1.165) is 33.3 Å². The summed E-state index contributed by atoms with van der Waals surface area (Å²) >= 11 is 0. The zero-order valence-corrected chi connectivity index (χ0v) is 20.9. The van der Waals surface area contributed by atoms with Crippen molar-refractivity contribution in [1.29, 1.82) is 0 Å². The third-order valence-electron chi connectivity index (χ3n) is 6.84. The molecule has 1 aromatic rings. The highest BCUT2D eigenvalue weighted by Gasteiger charge is 2.78. The van der Waals surface area contributed by atoms with Crippen LogP contribution in [0.25, 0.3) is 0 Å². The Kier molecular flexibility index (Phi) is 8.03. The molecule has 0 aromatic heterocycles. The van der Waals surface area contributed by atoms with Gasteiger partial charge in [-0.05, 0) is 37.7 Å². The number of esters is 3. The number of fused-ring (bicyclic) bond motifs is 2. The van der Waals surface area contributed by atoms with Crippen LogP contribution in [0.4, 0.5) is 0 Å². The average molecular weight is 491 g/mol. The van der Waals surface area contributed by atoms with Gasteiger partial charge in [0.2, 0.25) is 17.3 Å². The molecule has 192 valence electrons. The maximum absolute atomic E-state index is 12.9. The van der Waals surface area contributed by atoms with Gasteiger partial charge in [-0.3, -0.25) is 0 Å². The Morgan fingerprint density at radius 1 is 1.09 bits per heavy atom. The van der Waals surface area contributed by atoms with Crippen LogP contribution in [0.1, 0.15) is 45.1 Å². The van der Waals surface area contributed by atoms with E-state index in [9.17, 15) is 19.5 Å². The first-order chi connectivity index (χ1) is 16.6. The summed E-state index contributed by atoms with van der Waals surface area (Å²) in [5.74, 6) is -4.38. The minimum Gasteiger partial charge on any atom is -0.467 e. The molecule has 35 heavy (non-hydrogen) atoms. The molecule has 2 heterocycles. The summed E-state index contributed by atoms with van der Waals surface area (Å²) in [6.07, 6.45) is 2.10. The molecular formula is C26H34O9. The lowest BCUT2D eigenvalue weighted by Crippen LogP contribution is -2.76. The molecule has 4 unspecified atom stereocenters. The van der Waals surface area contributed by atoms with Crippen molar-refractivity contribution in [2.24, 2.45) is 5.92 Å². The van der Waals surface area contributed by atoms with E-state index in [-0.39, 0.29) is 25.2 Å². The molecule has 1 aromatic carbocycles. The Morgan fingerprint density at radius 3 is 2.34 bits per heavy atom. The van der Waals surface area contributed by atoms with Gasteiger partial charge in [0.05, 0.1) is 21.3 Å². The van der Waals surface area contributed by atoms with Crippen LogP contribution < -0.4 is 0 Å². The first-order valence-electron chi connectivity index (χ1n) is 11.6. The van der Waals surface area contributed by atoms with E-state index in [4.69, 9.17) is 23.7 Å². The largest absolute Gasteiger partial charge is 0.467 e. The second kappa shape index (κ2) is 10.5. The molecule has 2 saturated heterocycles. The van der Waals surface area contributed by atoms with Gasteiger partial charge in [-0.25, -0.2) is 14.4 Å². The molecular weight excluding hydrogens is 456 g/mol. The van der Waals surface area contributed by atoms with Crippen LogP contribution in [0.3, 0.4) is 0 Å². The predicted octanol–water partition coefficient (Wildman–Crippen LogP) is 2.49. The number of rotatable bonds is 9. The quantitative estimate of drug-likeness (QED) is 0.316. The molecule has 9 heteroatoms. The topological polar surface area (TPSA) is 118 Å². The summed E-state index contributed by atoms with van der Waals surface area (Å²) in [6, 6.07) is 10.2. The van der Waals surface area contributed by atoms with Gasteiger partial charge in [-0.15, -0.1) is 0 Å². The number of hydrogen-bond donors (Lipinski definition) is 1. The highest BCUT2D eigenvalue weighted by molar-refractivity contribution is 5.98. The van der Waals surface area contributed by atoms with Gasteiger partial charge in [0.1, 0.15) is 0 Å². The fraction of sp³-hybridized carbons (Fsp3) is 0.577. The van der Waals surface area contributed by atoms with Crippen LogP contribution >= 0.6 is 0 Å². The van der Waals surface area contributed by atoms with Crippen molar-refractivity contribution >= 4 is 17.9 Å². The summed E-state index contributed by atoms with van der Waals surface area (Å²) in [7, 11) is 3.24. The zero-order chi connectivity index (χ0) is 25.9. The molecule has 0 aliphatic carbocycles. The second-order valence-corrected chi connectivity index (χ2v) is 9.29. The first kappa shape index (κ1) is 26.8. The fourth-order valence-corrected chi connectivity index (χ4v) is 5.10. The number of allylic oxidation sites excluding steroid dienone is 2. The number of hydrogen-bond acceptors (Lipinski definition) is 9. The molecule has 0 radical (unpaired) electrons. The van der Waals surface area contributed by atoms with Crippen molar-refractivity contribution in [3.8, 4) is 0 Å². The predicted molar refractivity (Wildman–Crippen MR) is 124 cm³/mol. The Hall–Kier alpha value is -2.75. The normalized spacial score (nSPS) is 30.9. The van der Waals surface area contributed by atoms with Crippen LogP contribution in [-0.2, 0) is 44.5 Å². The molecule has 5 atom stereocenters. The van der Waals surface area contributed by atoms with Crippen molar-refractivity contribution in [2.75, 3.05) is 21.3 Å². The van der Waals surface area contributed by atoms with Crippen molar-refractivity contribution in [3.05, 3.63) is 47.5 Å². The van der Waals surface area contributed by atoms with E-state index in [1.54, 1.807) is 0 Å². The number of methoxy groups -OCH3 is 3. The average Bonchev–Trinajstić information content (AvgIpc) is 3.21. The van der Waals surface area contributed by atoms with Gasteiger partial charge in [0.25, 0.3) is 0 Å². The minimum absolute atomic E-state index is 0.105. The third kappa shape index (κ3) is 4.85. The molecule has 2 fully saturated rings. The molecule has 2 aliphatic rings. The summed E-state index contributed by atoms with van der Waals surface area (Å²) in [5, 5.41) is 11.5. The van der Waals surface area contributed by atoms with E-state index in [2.05, 4.69) is 25.1 Å². The smallest absolute Gasteiger partial charge is 0.345 e. The molecule has 1 N–H and O–H groups in total. The zero-order valence-electron chi connectivity index (χ0n) is 20.9. The Labute approximate surface area is 205 Å². The Balaban J connectivity index is 1.85. The van der Waals surface area contributed by atoms with Crippen molar-refractivity contribution < 1.29 is 43.2 Å². The van der Waals surface area contributed by atoms with E-state index < -0.39 is 41.0 Å². The highest BCUT2D eigenvalue weighted by Crippen LogP contribution is 2.55. The molecule has 3 rings (SSSR count).